The number of furan rings is 1. The fourth-order valence-electron chi connectivity index (χ4n) is 2.45. The zero-order valence-corrected chi connectivity index (χ0v) is 11.2. The number of nitrogens with one attached hydrogen (secondary N) is 1. The van der Waals surface area contributed by atoms with Crippen LogP contribution in [-0.4, -0.2) is 30.6 Å². The summed E-state index contributed by atoms with van der Waals surface area (Å²) in [6.45, 7) is 10.0. The lowest BCUT2D eigenvalue weighted by molar-refractivity contribution is 0.244. The summed E-state index contributed by atoms with van der Waals surface area (Å²) >= 11 is 0. The molecule has 1 fully saturated rings. The van der Waals surface area contributed by atoms with Gasteiger partial charge in [-0.1, -0.05) is 0 Å². The summed E-state index contributed by atoms with van der Waals surface area (Å²) in [4.78, 5) is 2.56. The van der Waals surface area contributed by atoms with Crippen molar-refractivity contribution < 1.29 is 4.42 Å². The van der Waals surface area contributed by atoms with Crippen LogP contribution in [0.25, 0.3) is 0 Å². The van der Waals surface area contributed by atoms with Gasteiger partial charge >= 0.3 is 0 Å². The van der Waals surface area contributed by atoms with Gasteiger partial charge in [0, 0.05) is 12.6 Å². The first-order valence-electron chi connectivity index (χ1n) is 6.70. The zero-order chi connectivity index (χ0) is 12.3. The first kappa shape index (κ1) is 12.7. The molecule has 1 N–H and O–H groups in total. The van der Waals surface area contributed by atoms with Crippen LogP contribution in [0.4, 0.5) is 0 Å². The summed E-state index contributed by atoms with van der Waals surface area (Å²) in [7, 11) is 0. The minimum atomic E-state index is 0.300. The van der Waals surface area contributed by atoms with Gasteiger partial charge in [0.15, 0.2) is 0 Å². The van der Waals surface area contributed by atoms with Crippen LogP contribution in [0, 0.1) is 6.92 Å². The van der Waals surface area contributed by atoms with Gasteiger partial charge in [-0.15, -0.1) is 0 Å². The molecule has 0 bridgehead atoms. The van der Waals surface area contributed by atoms with Crippen molar-refractivity contribution in [3.05, 3.63) is 23.7 Å². The first-order valence-corrected chi connectivity index (χ1v) is 6.70. The van der Waals surface area contributed by atoms with Crippen molar-refractivity contribution in [1.82, 2.24) is 10.2 Å². The van der Waals surface area contributed by atoms with E-state index in [1.807, 2.05) is 13.0 Å². The molecule has 0 aliphatic carbocycles. The molecule has 17 heavy (non-hydrogen) atoms. The average Bonchev–Trinajstić information content (AvgIpc) is 2.95. The van der Waals surface area contributed by atoms with Crippen LogP contribution >= 0.6 is 0 Å². The Morgan fingerprint density at radius 2 is 2.00 bits per heavy atom. The summed E-state index contributed by atoms with van der Waals surface area (Å²) in [5, 5.41) is 3.55. The Balaban J connectivity index is 1.77. The number of hydrogen-bond donors (Lipinski definition) is 1. The number of rotatable bonds is 5. The Kier molecular flexibility index (Phi) is 4.24. The molecule has 2 heterocycles. The van der Waals surface area contributed by atoms with Gasteiger partial charge in [0.2, 0.25) is 0 Å². The molecule has 0 saturated carbocycles. The van der Waals surface area contributed by atoms with E-state index in [9.17, 15) is 0 Å². The monoisotopic (exact) mass is 236 g/mol. The summed E-state index contributed by atoms with van der Waals surface area (Å²) < 4.78 is 5.63. The highest BCUT2D eigenvalue weighted by atomic mass is 16.3. The van der Waals surface area contributed by atoms with Crippen LogP contribution in [-0.2, 0) is 0 Å². The summed E-state index contributed by atoms with van der Waals surface area (Å²) in [5.74, 6) is 2.03. The fraction of sp³-hybridized carbons (Fsp3) is 0.714. The topological polar surface area (TPSA) is 28.4 Å². The Labute approximate surface area is 104 Å². The largest absolute Gasteiger partial charge is 0.465 e. The van der Waals surface area contributed by atoms with Gasteiger partial charge < -0.3 is 9.73 Å². The van der Waals surface area contributed by atoms with Gasteiger partial charge in [-0.2, -0.15) is 0 Å². The maximum absolute atomic E-state index is 5.63. The van der Waals surface area contributed by atoms with E-state index >= 15 is 0 Å². The van der Waals surface area contributed by atoms with Gasteiger partial charge in [-0.05, 0) is 58.8 Å². The van der Waals surface area contributed by atoms with Gasteiger partial charge in [-0.25, -0.2) is 0 Å². The lowest BCUT2D eigenvalue weighted by atomic mass is 10.2. The molecule has 1 aliphatic heterocycles. The molecule has 0 radical (unpaired) electrons. The van der Waals surface area contributed by atoms with Crippen molar-refractivity contribution in [2.75, 3.05) is 19.6 Å². The Bertz CT molecular complexity index is 342. The second-order valence-electron chi connectivity index (χ2n) is 5.17. The van der Waals surface area contributed by atoms with E-state index in [-0.39, 0.29) is 0 Å². The number of nitrogens with zero attached hydrogens (tertiary/aromatic N) is 1. The van der Waals surface area contributed by atoms with Crippen LogP contribution in [0.1, 0.15) is 44.3 Å². The minimum Gasteiger partial charge on any atom is -0.465 e. The van der Waals surface area contributed by atoms with Crippen molar-refractivity contribution >= 4 is 0 Å². The molecule has 1 aliphatic rings. The molecule has 0 aromatic carbocycles. The molecule has 1 aromatic rings. The second-order valence-corrected chi connectivity index (χ2v) is 5.17. The molecule has 2 unspecified atom stereocenters. The van der Waals surface area contributed by atoms with Crippen molar-refractivity contribution in [3.8, 4) is 0 Å². The van der Waals surface area contributed by atoms with Gasteiger partial charge in [0.25, 0.3) is 0 Å². The van der Waals surface area contributed by atoms with Crippen LogP contribution in [0.15, 0.2) is 16.5 Å². The van der Waals surface area contributed by atoms with Crippen molar-refractivity contribution in [2.24, 2.45) is 0 Å². The van der Waals surface area contributed by atoms with Crippen molar-refractivity contribution in [1.29, 1.82) is 0 Å². The molecule has 1 saturated heterocycles. The predicted octanol–water partition coefficient (Wildman–Crippen LogP) is 2.72. The van der Waals surface area contributed by atoms with E-state index in [1.54, 1.807) is 0 Å². The third-order valence-corrected chi connectivity index (χ3v) is 3.67. The second kappa shape index (κ2) is 5.69. The standard InChI is InChI=1S/C14H24N2O/c1-11(16-8-4-5-9-16)10-15-13(3)14-7-6-12(2)17-14/h6-7,11,13,15H,4-5,8-10H2,1-3H3. The SMILES string of the molecule is Cc1ccc(C(C)NCC(C)N2CCCC2)o1. The highest BCUT2D eigenvalue weighted by Gasteiger charge is 2.18. The Hall–Kier alpha value is -0.800. The highest BCUT2D eigenvalue weighted by molar-refractivity contribution is 5.08. The summed E-state index contributed by atoms with van der Waals surface area (Å²) in [6, 6.07) is 5.01. The summed E-state index contributed by atoms with van der Waals surface area (Å²) in [6.07, 6.45) is 2.72. The average molecular weight is 236 g/mol. The smallest absolute Gasteiger partial charge is 0.120 e. The van der Waals surface area contributed by atoms with Gasteiger partial charge in [-0.3, -0.25) is 4.90 Å². The lowest BCUT2D eigenvalue weighted by Gasteiger charge is -2.25. The third kappa shape index (κ3) is 3.33. The molecule has 0 amide bonds. The van der Waals surface area contributed by atoms with Crippen LogP contribution in [0.5, 0.6) is 0 Å². The van der Waals surface area contributed by atoms with E-state index in [2.05, 4.69) is 30.1 Å². The highest BCUT2D eigenvalue weighted by Crippen LogP contribution is 2.16. The Morgan fingerprint density at radius 3 is 2.59 bits per heavy atom. The molecule has 2 atom stereocenters. The van der Waals surface area contributed by atoms with E-state index < -0.39 is 0 Å². The predicted molar refractivity (Wildman–Crippen MR) is 70.1 cm³/mol. The fourth-order valence-corrected chi connectivity index (χ4v) is 2.45. The number of hydrogen-bond acceptors (Lipinski definition) is 3. The molecule has 0 spiro atoms. The van der Waals surface area contributed by atoms with Crippen LogP contribution < -0.4 is 5.32 Å². The third-order valence-electron chi connectivity index (χ3n) is 3.67. The maximum Gasteiger partial charge on any atom is 0.120 e. The van der Waals surface area contributed by atoms with Gasteiger partial charge in [0.05, 0.1) is 6.04 Å². The van der Waals surface area contributed by atoms with E-state index in [0.717, 1.165) is 18.1 Å². The maximum atomic E-state index is 5.63. The van der Waals surface area contributed by atoms with Gasteiger partial charge in [0.1, 0.15) is 11.5 Å². The molecule has 96 valence electrons. The summed E-state index contributed by atoms with van der Waals surface area (Å²) in [5.41, 5.74) is 0. The molecule has 3 nitrogen and oxygen atoms in total. The van der Waals surface area contributed by atoms with E-state index in [0.29, 0.717) is 12.1 Å². The van der Waals surface area contributed by atoms with Crippen molar-refractivity contribution in [3.63, 3.8) is 0 Å². The molecular weight excluding hydrogens is 212 g/mol. The van der Waals surface area contributed by atoms with Crippen molar-refractivity contribution in [2.45, 2.75) is 45.7 Å². The first-order chi connectivity index (χ1) is 8.16. The van der Waals surface area contributed by atoms with Crippen LogP contribution in [0.3, 0.4) is 0 Å². The molecular formula is C14H24N2O. The molecule has 2 rings (SSSR count). The molecule has 1 aromatic heterocycles. The minimum absolute atomic E-state index is 0.300. The quantitative estimate of drug-likeness (QED) is 0.852. The van der Waals surface area contributed by atoms with E-state index in [4.69, 9.17) is 4.42 Å². The number of likely N-dealkylation sites (tertiary alicyclic amines) is 1. The normalized spacial score (nSPS) is 20.6. The Morgan fingerprint density at radius 1 is 1.29 bits per heavy atom. The lowest BCUT2D eigenvalue weighted by Crippen LogP contribution is -2.39. The van der Waals surface area contributed by atoms with Crippen LogP contribution in [0.2, 0.25) is 0 Å². The zero-order valence-electron chi connectivity index (χ0n) is 11.2. The molecule has 3 heteroatoms. The number of aryl methyl sites for hydroxylation is 1. The van der Waals surface area contributed by atoms with E-state index in [1.165, 1.54) is 25.9 Å².